The van der Waals surface area contributed by atoms with Crippen LogP contribution in [0.5, 0.6) is 5.75 Å². The fourth-order valence-corrected chi connectivity index (χ4v) is 5.27. The number of ether oxygens (including phenoxy) is 1. The molecule has 1 aliphatic heterocycles. The highest BCUT2D eigenvalue weighted by Gasteiger charge is 2.34. The number of hydrogen-bond donors (Lipinski definition) is 1. The van der Waals surface area contributed by atoms with E-state index in [-0.39, 0.29) is 17.3 Å². The molecule has 0 amide bonds. The zero-order valence-electron chi connectivity index (χ0n) is 19.9. The van der Waals surface area contributed by atoms with Crippen LogP contribution in [0.2, 0.25) is 5.02 Å². The summed E-state index contributed by atoms with van der Waals surface area (Å²) in [6, 6.07) is 22.9. The largest absolute Gasteiger partial charge is 0.497 e. The van der Waals surface area contributed by atoms with E-state index in [9.17, 15) is 9.59 Å². The quantitative estimate of drug-likeness (QED) is 0.385. The fraction of sp³-hybridized carbons (Fsp3) is 0.143. The van der Waals surface area contributed by atoms with Gasteiger partial charge in [-0.3, -0.25) is 13.9 Å². The normalized spacial score (nSPS) is 14.3. The molecule has 0 radical (unpaired) electrons. The lowest BCUT2D eigenvalue weighted by molar-refractivity contribution is 0.415. The minimum atomic E-state index is -0.379. The smallest absolute Gasteiger partial charge is 0.331 e. The molecule has 0 fully saturated rings. The molecular formula is C28H23ClN4O3. The van der Waals surface area contributed by atoms with Crippen LogP contribution in [0, 0.1) is 0 Å². The van der Waals surface area contributed by atoms with Gasteiger partial charge in [0.25, 0.3) is 5.56 Å². The lowest BCUT2D eigenvalue weighted by Crippen LogP contribution is -2.37. The van der Waals surface area contributed by atoms with E-state index in [2.05, 4.69) is 9.88 Å². The molecule has 180 valence electrons. The van der Waals surface area contributed by atoms with Gasteiger partial charge in [-0.15, -0.1) is 0 Å². The molecule has 1 N–H and O–H groups in total. The van der Waals surface area contributed by atoms with Crippen molar-refractivity contribution in [2.24, 2.45) is 14.1 Å². The van der Waals surface area contributed by atoms with Gasteiger partial charge in [-0.05, 0) is 59.7 Å². The van der Waals surface area contributed by atoms with Gasteiger partial charge < -0.3 is 14.6 Å². The summed E-state index contributed by atoms with van der Waals surface area (Å²) < 4.78 is 10.2. The molecular weight excluding hydrogens is 476 g/mol. The molecule has 0 aliphatic carbocycles. The van der Waals surface area contributed by atoms with Crippen LogP contribution in [0.1, 0.15) is 17.3 Å². The van der Waals surface area contributed by atoms with Gasteiger partial charge in [-0.1, -0.05) is 35.9 Å². The van der Waals surface area contributed by atoms with Crippen molar-refractivity contribution >= 4 is 28.2 Å². The van der Waals surface area contributed by atoms with Crippen LogP contribution in [0.25, 0.3) is 27.8 Å². The number of aryl methyl sites for hydroxylation is 1. The van der Waals surface area contributed by atoms with Crippen molar-refractivity contribution in [3.8, 4) is 22.7 Å². The molecule has 6 rings (SSSR count). The van der Waals surface area contributed by atoms with Gasteiger partial charge in [-0.25, -0.2) is 4.79 Å². The van der Waals surface area contributed by atoms with Crippen LogP contribution in [0.15, 0.2) is 82.4 Å². The van der Waals surface area contributed by atoms with Crippen molar-refractivity contribution in [2.75, 3.05) is 12.4 Å². The zero-order chi connectivity index (χ0) is 25.1. The van der Waals surface area contributed by atoms with E-state index in [1.165, 1.54) is 7.05 Å². The molecule has 7 nitrogen and oxygen atoms in total. The maximum absolute atomic E-state index is 13.7. The van der Waals surface area contributed by atoms with Crippen molar-refractivity contribution in [3.05, 3.63) is 110 Å². The summed E-state index contributed by atoms with van der Waals surface area (Å²) in [7, 11) is 4.84. The first kappa shape index (κ1) is 22.2. The standard InChI is InChI=1S/C28H23ClN4O3/c1-31-25-22(27(34)32(2)28(31)35)24(17-10-14-19(36-3)15-11-17)33-21-7-5-4-6-20(21)30-23(26(25)33)16-8-12-18(29)13-9-16/h4-15,23,30H,1-3H3/t23-/m1/s1. The Morgan fingerprint density at radius 3 is 2.28 bits per heavy atom. The second-order valence-electron chi connectivity index (χ2n) is 8.87. The molecule has 3 aromatic carbocycles. The maximum Gasteiger partial charge on any atom is 0.331 e. The Morgan fingerprint density at radius 1 is 0.889 bits per heavy atom. The monoisotopic (exact) mass is 498 g/mol. The van der Waals surface area contributed by atoms with E-state index in [1.54, 1.807) is 18.7 Å². The fourth-order valence-electron chi connectivity index (χ4n) is 5.15. The Balaban J connectivity index is 1.83. The Morgan fingerprint density at radius 2 is 1.58 bits per heavy atom. The van der Waals surface area contributed by atoms with E-state index in [1.807, 2.05) is 72.8 Å². The SMILES string of the molecule is COc1ccc(-c2c3c(=O)n(C)c(=O)n(C)c3c3n2-c2ccccc2N[C@@H]3c2ccc(Cl)cc2)cc1. The lowest BCUT2D eigenvalue weighted by atomic mass is 9.99. The van der Waals surface area contributed by atoms with E-state index in [0.29, 0.717) is 15.9 Å². The number of anilines is 1. The molecule has 5 aromatic rings. The number of nitrogens with one attached hydrogen (secondary N) is 1. The number of para-hydroxylation sites is 2. The average Bonchev–Trinajstić information content (AvgIpc) is 3.27. The van der Waals surface area contributed by atoms with Crippen molar-refractivity contribution in [2.45, 2.75) is 6.04 Å². The van der Waals surface area contributed by atoms with Crippen molar-refractivity contribution in [1.82, 2.24) is 13.7 Å². The summed E-state index contributed by atoms with van der Waals surface area (Å²) in [6.45, 7) is 0. The minimum absolute atomic E-state index is 0.329. The van der Waals surface area contributed by atoms with E-state index in [0.717, 1.165) is 44.2 Å². The lowest BCUT2D eigenvalue weighted by Gasteiger charge is -2.31. The van der Waals surface area contributed by atoms with E-state index >= 15 is 0 Å². The van der Waals surface area contributed by atoms with Crippen LogP contribution >= 0.6 is 11.6 Å². The van der Waals surface area contributed by atoms with Gasteiger partial charge in [0, 0.05) is 19.1 Å². The van der Waals surface area contributed by atoms with Crippen LogP contribution in [-0.2, 0) is 14.1 Å². The van der Waals surface area contributed by atoms with E-state index < -0.39 is 0 Å². The molecule has 0 saturated carbocycles. The van der Waals surface area contributed by atoms with Crippen LogP contribution in [-0.4, -0.2) is 20.8 Å². The predicted octanol–water partition coefficient (Wildman–Crippen LogP) is 4.87. The molecule has 0 unspecified atom stereocenters. The Kier molecular flexibility index (Phi) is 5.05. The van der Waals surface area contributed by atoms with Gasteiger partial charge in [0.15, 0.2) is 0 Å². The summed E-state index contributed by atoms with van der Waals surface area (Å²) >= 11 is 6.19. The number of hydrogen-bond acceptors (Lipinski definition) is 4. The molecule has 0 spiro atoms. The number of halogens is 1. The van der Waals surface area contributed by atoms with Crippen LogP contribution in [0.3, 0.4) is 0 Å². The molecule has 3 heterocycles. The van der Waals surface area contributed by atoms with Gasteiger partial charge in [0.1, 0.15) is 5.75 Å². The predicted molar refractivity (Wildman–Crippen MR) is 143 cm³/mol. The average molecular weight is 499 g/mol. The first-order chi connectivity index (χ1) is 17.4. The summed E-state index contributed by atoms with van der Waals surface area (Å²) in [5.41, 5.74) is 5.04. The Bertz CT molecular complexity index is 1760. The first-order valence-corrected chi connectivity index (χ1v) is 11.9. The van der Waals surface area contributed by atoms with Gasteiger partial charge in [0.05, 0.1) is 46.8 Å². The molecule has 36 heavy (non-hydrogen) atoms. The van der Waals surface area contributed by atoms with Gasteiger partial charge >= 0.3 is 5.69 Å². The summed E-state index contributed by atoms with van der Waals surface area (Å²) in [5.74, 6) is 0.717. The Hall–Kier alpha value is -4.23. The molecule has 0 saturated heterocycles. The minimum Gasteiger partial charge on any atom is -0.497 e. The van der Waals surface area contributed by atoms with E-state index in [4.69, 9.17) is 16.3 Å². The highest BCUT2D eigenvalue weighted by atomic mass is 35.5. The molecule has 0 bridgehead atoms. The first-order valence-electron chi connectivity index (χ1n) is 11.5. The third kappa shape index (κ3) is 3.13. The molecule has 8 heteroatoms. The Labute approximate surface area is 211 Å². The molecule has 1 atom stereocenters. The zero-order valence-corrected chi connectivity index (χ0v) is 20.7. The third-order valence-electron chi connectivity index (χ3n) is 6.89. The summed E-state index contributed by atoms with van der Waals surface area (Å²) in [6.07, 6.45) is 0. The maximum atomic E-state index is 13.7. The topological polar surface area (TPSA) is 70.2 Å². The number of rotatable bonds is 3. The van der Waals surface area contributed by atoms with Crippen LogP contribution < -0.4 is 21.3 Å². The van der Waals surface area contributed by atoms with Crippen molar-refractivity contribution in [1.29, 1.82) is 0 Å². The number of aromatic nitrogens is 3. The summed E-state index contributed by atoms with van der Waals surface area (Å²) in [5, 5.41) is 4.75. The highest BCUT2D eigenvalue weighted by Crippen LogP contribution is 2.45. The highest BCUT2D eigenvalue weighted by molar-refractivity contribution is 6.30. The number of nitrogens with zero attached hydrogens (tertiary/aromatic N) is 3. The van der Waals surface area contributed by atoms with Crippen molar-refractivity contribution < 1.29 is 4.74 Å². The second-order valence-corrected chi connectivity index (χ2v) is 9.31. The van der Waals surface area contributed by atoms with Gasteiger partial charge in [0.2, 0.25) is 0 Å². The van der Waals surface area contributed by atoms with Crippen molar-refractivity contribution in [3.63, 3.8) is 0 Å². The number of fused-ring (bicyclic) bond motifs is 5. The van der Waals surface area contributed by atoms with Gasteiger partial charge in [-0.2, -0.15) is 0 Å². The molecule has 1 aliphatic rings. The van der Waals surface area contributed by atoms with Crippen LogP contribution in [0.4, 0.5) is 5.69 Å². The third-order valence-corrected chi connectivity index (χ3v) is 7.15. The summed E-state index contributed by atoms with van der Waals surface area (Å²) in [4.78, 5) is 26.8. The number of benzene rings is 3. The molecule has 2 aromatic heterocycles. The second kappa shape index (κ2) is 8.17. The number of methoxy groups -OCH3 is 1.